The molecule has 6 nitrogen and oxygen atoms in total. The fraction of sp³-hybridized carbons (Fsp3) is 0.250. The number of carbonyl (C=O) groups excluding carboxylic acids is 1. The molecule has 6 heteroatoms. The van der Waals surface area contributed by atoms with Crippen molar-refractivity contribution in [3.8, 4) is 11.4 Å². The van der Waals surface area contributed by atoms with E-state index in [4.69, 9.17) is 0 Å². The van der Waals surface area contributed by atoms with Crippen molar-refractivity contribution in [2.45, 2.75) is 13.8 Å². The molecular formula is C16H16N4O2. The van der Waals surface area contributed by atoms with E-state index >= 15 is 0 Å². The van der Waals surface area contributed by atoms with Gasteiger partial charge in [-0.2, -0.15) is 5.10 Å². The Hall–Kier alpha value is -2.76. The van der Waals surface area contributed by atoms with Gasteiger partial charge in [-0.05, 0) is 31.5 Å². The van der Waals surface area contributed by atoms with E-state index < -0.39 is 0 Å². The Labute approximate surface area is 127 Å². The molecule has 0 aliphatic rings. The molecule has 3 aromatic rings. The first-order valence-corrected chi connectivity index (χ1v) is 6.90. The molecule has 0 fully saturated rings. The molecule has 0 saturated heterocycles. The van der Waals surface area contributed by atoms with Crippen molar-refractivity contribution in [2.24, 2.45) is 14.1 Å². The standard InChI is InChI=1S/C16H16N4O2/c1-9-5-12(10(2)21)14-13(6-9)16(22)20(4)15(18-14)11-7-17-19(3)8-11/h5-8H,1-4H3. The molecule has 22 heavy (non-hydrogen) atoms. The second-order valence-corrected chi connectivity index (χ2v) is 5.47. The van der Waals surface area contributed by atoms with Crippen molar-refractivity contribution in [1.29, 1.82) is 0 Å². The van der Waals surface area contributed by atoms with Crippen molar-refractivity contribution in [3.05, 3.63) is 46.0 Å². The summed E-state index contributed by atoms with van der Waals surface area (Å²) in [4.78, 5) is 29.1. The lowest BCUT2D eigenvalue weighted by atomic mass is 10.0. The number of Topliss-reactive ketones (excluding diaryl/α,β-unsaturated/α-hetero) is 1. The molecule has 3 rings (SSSR count). The van der Waals surface area contributed by atoms with Crippen LogP contribution in [0.1, 0.15) is 22.8 Å². The molecular weight excluding hydrogens is 280 g/mol. The van der Waals surface area contributed by atoms with Gasteiger partial charge in [0, 0.05) is 25.9 Å². The molecule has 0 amide bonds. The number of hydrogen-bond donors (Lipinski definition) is 0. The van der Waals surface area contributed by atoms with E-state index in [1.807, 2.05) is 6.92 Å². The molecule has 2 aromatic heterocycles. The summed E-state index contributed by atoms with van der Waals surface area (Å²) in [5.74, 6) is 0.392. The van der Waals surface area contributed by atoms with Crippen molar-refractivity contribution >= 4 is 16.7 Å². The smallest absolute Gasteiger partial charge is 0.261 e. The van der Waals surface area contributed by atoms with Gasteiger partial charge in [0.1, 0.15) is 5.82 Å². The molecule has 1 aromatic carbocycles. The van der Waals surface area contributed by atoms with Crippen molar-refractivity contribution in [3.63, 3.8) is 0 Å². The Balaban J connectivity index is 2.45. The van der Waals surface area contributed by atoms with Crippen LogP contribution in [0.4, 0.5) is 0 Å². The van der Waals surface area contributed by atoms with E-state index in [-0.39, 0.29) is 11.3 Å². The number of ketones is 1. The Bertz CT molecular complexity index is 966. The molecule has 0 spiro atoms. The Morgan fingerprint density at radius 1 is 1.23 bits per heavy atom. The number of benzene rings is 1. The zero-order valence-electron chi connectivity index (χ0n) is 12.9. The lowest BCUT2D eigenvalue weighted by Crippen LogP contribution is -2.21. The molecule has 0 bridgehead atoms. The number of hydrogen-bond acceptors (Lipinski definition) is 4. The maximum absolute atomic E-state index is 12.6. The SMILES string of the molecule is CC(=O)c1cc(C)cc2c(=O)n(C)c(-c3cnn(C)c3)nc12. The highest BCUT2D eigenvalue weighted by Gasteiger charge is 2.16. The van der Waals surface area contributed by atoms with E-state index in [1.54, 1.807) is 43.3 Å². The fourth-order valence-electron chi connectivity index (χ4n) is 2.58. The molecule has 0 atom stereocenters. The number of aryl methyl sites for hydroxylation is 2. The van der Waals surface area contributed by atoms with Gasteiger partial charge in [0.15, 0.2) is 5.78 Å². The van der Waals surface area contributed by atoms with Gasteiger partial charge >= 0.3 is 0 Å². The van der Waals surface area contributed by atoms with E-state index in [9.17, 15) is 9.59 Å². The van der Waals surface area contributed by atoms with E-state index in [0.717, 1.165) is 11.1 Å². The van der Waals surface area contributed by atoms with Gasteiger partial charge in [-0.15, -0.1) is 0 Å². The Kier molecular flexibility index (Phi) is 3.16. The van der Waals surface area contributed by atoms with Crippen molar-refractivity contribution in [2.75, 3.05) is 0 Å². The highest BCUT2D eigenvalue weighted by Crippen LogP contribution is 2.21. The first-order chi connectivity index (χ1) is 10.4. The average molecular weight is 296 g/mol. The Morgan fingerprint density at radius 3 is 2.55 bits per heavy atom. The van der Waals surface area contributed by atoms with Crippen molar-refractivity contribution < 1.29 is 4.79 Å². The minimum atomic E-state index is -0.171. The van der Waals surface area contributed by atoms with Crippen LogP contribution in [-0.4, -0.2) is 25.1 Å². The summed E-state index contributed by atoms with van der Waals surface area (Å²) >= 11 is 0. The number of nitrogens with zero attached hydrogens (tertiary/aromatic N) is 4. The van der Waals surface area contributed by atoms with Crippen LogP contribution in [0.25, 0.3) is 22.3 Å². The third-order valence-electron chi connectivity index (χ3n) is 3.67. The second-order valence-electron chi connectivity index (χ2n) is 5.47. The minimum absolute atomic E-state index is 0.105. The summed E-state index contributed by atoms with van der Waals surface area (Å²) in [6.07, 6.45) is 3.43. The van der Waals surface area contributed by atoms with Gasteiger partial charge < -0.3 is 0 Å². The summed E-state index contributed by atoms with van der Waals surface area (Å²) in [5, 5.41) is 4.57. The first kappa shape index (κ1) is 14.2. The topological polar surface area (TPSA) is 69.8 Å². The Morgan fingerprint density at radius 2 is 1.95 bits per heavy atom. The maximum Gasteiger partial charge on any atom is 0.261 e. The third-order valence-corrected chi connectivity index (χ3v) is 3.67. The zero-order valence-corrected chi connectivity index (χ0v) is 12.9. The quantitative estimate of drug-likeness (QED) is 0.677. The largest absolute Gasteiger partial charge is 0.295 e. The molecule has 0 aliphatic carbocycles. The van der Waals surface area contributed by atoms with E-state index in [1.165, 1.54) is 11.5 Å². The summed E-state index contributed by atoms with van der Waals surface area (Å²) < 4.78 is 3.13. The van der Waals surface area contributed by atoms with Gasteiger partial charge in [-0.1, -0.05) is 0 Å². The summed E-state index contributed by atoms with van der Waals surface area (Å²) in [6.45, 7) is 3.34. The summed E-state index contributed by atoms with van der Waals surface area (Å²) in [7, 11) is 3.47. The average Bonchev–Trinajstić information content (AvgIpc) is 2.88. The van der Waals surface area contributed by atoms with Gasteiger partial charge in [-0.25, -0.2) is 4.98 Å². The van der Waals surface area contributed by atoms with E-state index in [0.29, 0.717) is 22.3 Å². The lowest BCUT2D eigenvalue weighted by Gasteiger charge is -2.10. The zero-order chi connectivity index (χ0) is 16.0. The second kappa shape index (κ2) is 4.91. The van der Waals surface area contributed by atoms with Crippen LogP contribution in [-0.2, 0) is 14.1 Å². The van der Waals surface area contributed by atoms with Crippen LogP contribution in [0, 0.1) is 6.92 Å². The predicted octanol–water partition coefficient (Wildman–Crippen LogP) is 1.85. The van der Waals surface area contributed by atoms with Crippen LogP contribution < -0.4 is 5.56 Å². The number of carbonyl (C=O) groups is 1. The molecule has 0 aliphatic heterocycles. The molecule has 0 saturated carbocycles. The highest BCUT2D eigenvalue weighted by atomic mass is 16.1. The molecule has 2 heterocycles. The normalized spacial score (nSPS) is 11.1. The monoisotopic (exact) mass is 296 g/mol. The van der Waals surface area contributed by atoms with Crippen LogP contribution in [0.3, 0.4) is 0 Å². The minimum Gasteiger partial charge on any atom is -0.295 e. The lowest BCUT2D eigenvalue weighted by molar-refractivity contribution is 0.101. The van der Waals surface area contributed by atoms with Crippen molar-refractivity contribution in [1.82, 2.24) is 19.3 Å². The van der Waals surface area contributed by atoms with Crippen LogP contribution in [0.15, 0.2) is 29.3 Å². The third kappa shape index (κ3) is 2.13. The predicted molar refractivity (Wildman–Crippen MR) is 83.9 cm³/mol. The molecule has 0 radical (unpaired) electrons. The van der Waals surface area contributed by atoms with E-state index in [2.05, 4.69) is 10.1 Å². The number of rotatable bonds is 2. The highest BCUT2D eigenvalue weighted by molar-refractivity contribution is 6.05. The summed E-state index contributed by atoms with van der Waals surface area (Å²) in [6, 6.07) is 3.54. The van der Waals surface area contributed by atoms with Crippen LogP contribution in [0.2, 0.25) is 0 Å². The molecule has 112 valence electrons. The molecule has 0 unspecified atom stereocenters. The van der Waals surface area contributed by atoms with Crippen LogP contribution in [0.5, 0.6) is 0 Å². The first-order valence-electron chi connectivity index (χ1n) is 6.90. The van der Waals surface area contributed by atoms with Gasteiger partial charge in [0.25, 0.3) is 5.56 Å². The molecule has 0 N–H and O–H groups in total. The van der Waals surface area contributed by atoms with Gasteiger partial charge in [-0.3, -0.25) is 18.8 Å². The number of aromatic nitrogens is 4. The fourth-order valence-corrected chi connectivity index (χ4v) is 2.58. The maximum atomic E-state index is 12.6. The summed E-state index contributed by atoms with van der Waals surface area (Å²) in [5.41, 5.74) is 2.35. The number of fused-ring (bicyclic) bond motifs is 1. The van der Waals surface area contributed by atoms with Crippen LogP contribution >= 0.6 is 0 Å². The van der Waals surface area contributed by atoms with Gasteiger partial charge in [0.05, 0.1) is 22.7 Å². The van der Waals surface area contributed by atoms with Gasteiger partial charge in [0.2, 0.25) is 0 Å².